The first kappa shape index (κ1) is 15.6. The van der Waals surface area contributed by atoms with E-state index in [9.17, 15) is 4.79 Å². The van der Waals surface area contributed by atoms with E-state index in [1.165, 1.54) is 21.7 Å². The highest BCUT2D eigenvalue weighted by atomic mass is 32.1. The Morgan fingerprint density at radius 2 is 2.00 bits per heavy atom. The largest absolute Gasteiger partial charge is 0.437 e. The van der Waals surface area contributed by atoms with E-state index in [0.29, 0.717) is 18.0 Å². The number of aromatic nitrogens is 1. The smallest absolute Gasteiger partial charge is 0.244 e. The molecule has 2 aromatic carbocycles. The third-order valence-electron chi connectivity index (χ3n) is 3.94. The standard InChI is InChI=1S/C20H16N2O2S/c23-19(9-10-20-22-16-6-2-3-7-17(16)24-20)21-12-11-14-13-25-18-8-4-1-5-15(14)18/h1-10,13H,11-12H2,(H,21,23)/b10-9+. The number of carbonyl (C=O) groups excluding carboxylic acids is 1. The van der Waals surface area contributed by atoms with Crippen molar-refractivity contribution in [1.29, 1.82) is 0 Å². The summed E-state index contributed by atoms with van der Waals surface area (Å²) in [6, 6.07) is 15.8. The zero-order valence-corrected chi connectivity index (χ0v) is 14.3. The lowest BCUT2D eigenvalue weighted by atomic mass is 10.1. The summed E-state index contributed by atoms with van der Waals surface area (Å²) < 4.78 is 6.83. The fraction of sp³-hybridized carbons (Fsp3) is 0.100. The summed E-state index contributed by atoms with van der Waals surface area (Å²) in [5, 5.41) is 6.32. The SMILES string of the molecule is O=C(/C=C/c1nc2ccccc2o1)NCCc1csc2ccccc12. The molecule has 1 amide bonds. The van der Waals surface area contributed by atoms with Gasteiger partial charge >= 0.3 is 0 Å². The van der Waals surface area contributed by atoms with Crippen LogP contribution in [0.2, 0.25) is 0 Å². The van der Waals surface area contributed by atoms with Gasteiger partial charge in [-0.15, -0.1) is 11.3 Å². The summed E-state index contributed by atoms with van der Waals surface area (Å²) in [4.78, 5) is 16.3. The first-order valence-electron chi connectivity index (χ1n) is 8.06. The van der Waals surface area contributed by atoms with Crippen molar-refractivity contribution in [2.75, 3.05) is 6.54 Å². The molecule has 5 heteroatoms. The molecule has 0 saturated heterocycles. The molecule has 0 bridgehead atoms. The second-order valence-electron chi connectivity index (χ2n) is 5.65. The number of benzene rings is 2. The normalized spacial score (nSPS) is 11.5. The monoisotopic (exact) mass is 348 g/mol. The van der Waals surface area contributed by atoms with Gasteiger partial charge in [0.1, 0.15) is 5.52 Å². The van der Waals surface area contributed by atoms with E-state index >= 15 is 0 Å². The maximum atomic E-state index is 12.0. The van der Waals surface area contributed by atoms with Gasteiger partial charge in [-0.3, -0.25) is 4.79 Å². The van der Waals surface area contributed by atoms with E-state index in [-0.39, 0.29) is 5.91 Å². The molecule has 124 valence electrons. The molecule has 1 N–H and O–H groups in total. The Morgan fingerprint density at radius 3 is 2.92 bits per heavy atom. The summed E-state index contributed by atoms with van der Waals surface area (Å²) >= 11 is 1.73. The number of oxazole rings is 1. The number of rotatable bonds is 5. The van der Waals surface area contributed by atoms with Gasteiger partial charge in [0.2, 0.25) is 11.8 Å². The van der Waals surface area contributed by atoms with Crippen molar-refractivity contribution in [2.24, 2.45) is 0 Å². The molecule has 4 nitrogen and oxygen atoms in total. The van der Waals surface area contributed by atoms with Crippen molar-refractivity contribution in [3.8, 4) is 0 Å². The molecule has 2 heterocycles. The molecule has 0 atom stereocenters. The summed E-state index contributed by atoms with van der Waals surface area (Å²) in [5.41, 5.74) is 2.77. The first-order chi connectivity index (χ1) is 12.3. The van der Waals surface area contributed by atoms with Gasteiger partial charge in [-0.2, -0.15) is 0 Å². The van der Waals surface area contributed by atoms with Gasteiger partial charge in [0.15, 0.2) is 5.58 Å². The predicted octanol–water partition coefficient (Wildman–Crippen LogP) is 4.41. The third-order valence-corrected chi connectivity index (χ3v) is 4.95. The van der Waals surface area contributed by atoms with Gasteiger partial charge in [0.25, 0.3) is 0 Å². The molecule has 4 aromatic rings. The Bertz CT molecular complexity index is 1030. The van der Waals surface area contributed by atoms with Gasteiger partial charge in [0.05, 0.1) is 0 Å². The second-order valence-corrected chi connectivity index (χ2v) is 6.56. The summed E-state index contributed by atoms with van der Waals surface area (Å²) in [6.45, 7) is 0.595. The highest BCUT2D eigenvalue weighted by molar-refractivity contribution is 7.17. The highest BCUT2D eigenvalue weighted by Crippen LogP contribution is 2.25. The molecule has 0 aliphatic carbocycles. The number of thiophene rings is 1. The van der Waals surface area contributed by atoms with Crippen molar-refractivity contribution in [1.82, 2.24) is 10.3 Å². The van der Waals surface area contributed by atoms with Crippen molar-refractivity contribution in [2.45, 2.75) is 6.42 Å². The predicted molar refractivity (Wildman–Crippen MR) is 102 cm³/mol. The fourth-order valence-corrected chi connectivity index (χ4v) is 3.71. The molecule has 0 unspecified atom stereocenters. The number of nitrogens with one attached hydrogen (secondary N) is 1. The van der Waals surface area contributed by atoms with E-state index < -0.39 is 0 Å². The molecule has 25 heavy (non-hydrogen) atoms. The lowest BCUT2D eigenvalue weighted by Crippen LogP contribution is -2.23. The van der Waals surface area contributed by atoms with Crippen LogP contribution >= 0.6 is 11.3 Å². The van der Waals surface area contributed by atoms with E-state index in [1.54, 1.807) is 17.4 Å². The topological polar surface area (TPSA) is 55.1 Å². The average Bonchev–Trinajstić information content (AvgIpc) is 3.24. The Hall–Kier alpha value is -2.92. The van der Waals surface area contributed by atoms with Crippen LogP contribution in [0.3, 0.4) is 0 Å². The van der Waals surface area contributed by atoms with Crippen LogP contribution in [0.5, 0.6) is 0 Å². The Balaban J connectivity index is 1.34. The van der Waals surface area contributed by atoms with E-state index in [0.717, 1.165) is 11.9 Å². The lowest BCUT2D eigenvalue weighted by molar-refractivity contribution is -0.116. The number of carbonyl (C=O) groups is 1. The van der Waals surface area contributed by atoms with Crippen molar-refractivity contribution < 1.29 is 9.21 Å². The third kappa shape index (κ3) is 3.46. The average molecular weight is 348 g/mol. The van der Waals surface area contributed by atoms with Crippen molar-refractivity contribution in [3.05, 3.63) is 71.4 Å². The second kappa shape index (κ2) is 6.91. The van der Waals surface area contributed by atoms with E-state index in [4.69, 9.17) is 4.42 Å². The first-order valence-corrected chi connectivity index (χ1v) is 8.94. The molecule has 0 fully saturated rings. The Morgan fingerprint density at radius 1 is 1.16 bits per heavy atom. The van der Waals surface area contributed by atoms with Gasteiger partial charge < -0.3 is 9.73 Å². The number of nitrogens with zero attached hydrogens (tertiary/aromatic N) is 1. The van der Waals surface area contributed by atoms with Crippen LogP contribution in [-0.4, -0.2) is 17.4 Å². The van der Waals surface area contributed by atoms with Crippen molar-refractivity contribution in [3.63, 3.8) is 0 Å². The quantitative estimate of drug-likeness (QED) is 0.543. The maximum absolute atomic E-state index is 12.0. The zero-order chi connectivity index (χ0) is 17.1. The molecule has 0 aliphatic heterocycles. The number of hydrogen-bond donors (Lipinski definition) is 1. The Kier molecular flexibility index (Phi) is 4.31. The molecule has 0 radical (unpaired) electrons. The van der Waals surface area contributed by atoms with Gasteiger partial charge in [-0.05, 0) is 40.9 Å². The summed E-state index contributed by atoms with van der Waals surface area (Å²) in [5.74, 6) is 0.280. The van der Waals surface area contributed by atoms with Crippen LogP contribution in [0.1, 0.15) is 11.5 Å². The molecule has 4 rings (SSSR count). The van der Waals surface area contributed by atoms with Crippen LogP contribution < -0.4 is 5.32 Å². The number of para-hydroxylation sites is 2. The fourth-order valence-electron chi connectivity index (χ4n) is 2.71. The van der Waals surface area contributed by atoms with Crippen LogP contribution in [0, 0.1) is 0 Å². The van der Waals surface area contributed by atoms with Crippen LogP contribution in [0.25, 0.3) is 27.3 Å². The highest BCUT2D eigenvalue weighted by Gasteiger charge is 2.05. The molecular formula is C20H16N2O2S. The van der Waals surface area contributed by atoms with E-state index in [1.807, 2.05) is 36.4 Å². The van der Waals surface area contributed by atoms with Crippen LogP contribution in [-0.2, 0) is 11.2 Å². The van der Waals surface area contributed by atoms with Gasteiger partial charge in [-0.1, -0.05) is 30.3 Å². The van der Waals surface area contributed by atoms with E-state index in [2.05, 4.69) is 27.8 Å². The van der Waals surface area contributed by atoms with Crippen molar-refractivity contribution >= 4 is 44.5 Å². The lowest BCUT2D eigenvalue weighted by Gasteiger charge is -2.01. The summed E-state index contributed by atoms with van der Waals surface area (Å²) in [6.07, 6.45) is 3.86. The molecule has 0 saturated carbocycles. The van der Waals surface area contributed by atoms with Crippen LogP contribution in [0.4, 0.5) is 0 Å². The molecular weight excluding hydrogens is 332 g/mol. The van der Waals surface area contributed by atoms with Gasteiger partial charge in [0, 0.05) is 23.4 Å². The minimum Gasteiger partial charge on any atom is -0.437 e. The number of hydrogen-bond acceptors (Lipinski definition) is 4. The molecule has 0 spiro atoms. The number of amides is 1. The summed E-state index contributed by atoms with van der Waals surface area (Å²) in [7, 11) is 0. The molecule has 0 aliphatic rings. The van der Waals surface area contributed by atoms with Crippen LogP contribution in [0.15, 0.2) is 64.4 Å². The minimum absolute atomic E-state index is 0.151. The Labute approximate surface area is 148 Å². The molecule has 2 aromatic heterocycles. The maximum Gasteiger partial charge on any atom is 0.244 e. The van der Waals surface area contributed by atoms with Gasteiger partial charge in [-0.25, -0.2) is 4.98 Å². The minimum atomic E-state index is -0.151. The zero-order valence-electron chi connectivity index (χ0n) is 13.4. The number of fused-ring (bicyclic) bond motifs is 2.